The Morgan fingerprint density at radius 3 is 2.22 bits per heavy atom. The molecule has 0 rings (SSSR count). The quantitative estimate of drug-likeness (QED) is 0.448. The summed E-state index contributed by atoms with van der Waals surface area (Å²) in [6.45, 7) is 4.59. The van der Waals surface area contributed by atoms with Gasteiger partial charge in [-0.3, -0.25) is 0 Å². The molecule has 0 amide bonds. The fraction of sp³-hybridized carbons (Fsp3) is 0.167. The number of carbonyl (C=O) groups is 1. The zero-order valence-corrected chi connectivity index (χ0v) is 5.79. The van der Waals surface area contributed by atoms with Gasteiger partial charge in [0.25, 0.3) is 0 Å². The molecule has 0 radical (unpaired) electrons. The molecule has 0 aromatic heterocycles. The maximum Gasteiger partial charge on any atom is 0.339 e. The lowest BCUT2D eigenvalue weighted by Gasteiger charge is -1.79. The summed E-state index contributed by atoms with van der Waals surface area (Å²) < 4.78 is 0. The summed E-state index contributed by atoms with van der Waals surface area (Å²) in [7, 11) is 0. The van der Waals surface area contributed by atoms with Gasteiger partial charge in [0.1, 0.15) is 0 Å². The highest BCUT2D eigenvalue weighted by Gasteiger charge is 1.94. The Morgan fingerprint density at radius 2 is 2.11 bits per heavy atom. The van der Waals surface area contributed by atoms with E-state index in [1.54, 1.807) is 0 Å². The maximum absolute atomic E-state index is 9.92. The summed E-state index contributed by atoms with van der Waals surface area (Å²) in [5.74, 6) is -0.985. The van der Waals surface area contributed by atoms with Gasteiger partial charge in [-0.05, 0) is 13.5 Å². The van der Waals surface area contributed by atoms with Crippen molar-refractivity contribution in [2.24, 2.45) is 0 Å². The van der Waals surface area contributed by atoms with Gasteiger partial charge in [-0.1, -0.05) is 11.5 Å². The molecule has 2 nitrogen and oxygen atoms in total. The number of aliphatic carboxylic acids is 1. The molecule has 0 saturated carbocycles. The number of carboxylic acid groups (broad SMARTS) is 1. The van der Waals surface area contributed by atoms with Crippen LogP contribution in [-0.4, -0.2) is 11.1 Å². The lowest BCUT2D eigenvalue weighted by Crippen LogP contribution is -1.93. The van der Waals surface area contributed by atoms with E-state index in [0.29, 0.717) is 0 Å². The molecule has 50 valence electrons. The molecule has 0 aromatic rings. The van der Waals surface area contributed by atoms with Gasteiger partial charge in [0.15, 0.2) is 0 Å². The Kier molecular flexibility index (Phi) is 6.32. The van der Waals surface area contributed by atoms with Crippen molar-refractivity contribution < 1.29 is 9.90 Å². The second-order valence-corrected chi connectivity index (χ2v) is 1.23. The van der Waals surface area contributed by atoms with Gasteiger partial charge in [-0.15, -0.1) is 12.4 Å². The van der Waals surface area contributed by atoms with Crippen LogP contribution in [-0.2, 0) is 4.79 Å². The van der Waals surface area contributed by atoms with Crippen LogP contribution < -0.4 is 0 Å². The third-order valence-electron chi connectivity index (χ3n) is 0.597. The van der Waals surface area contributed by atoms with Gasteiger partial charge in [0, 0.05) is 0 Å². The normalized spacial score (nSPS) is 5.89. The average Bonchev–Trinajstić information content (AvgIpc) is 1.67. The molecular weight excluding hydrogens is 140 g/mol. The summed E-state index contributed by atoms with van der Waals surface area (Å²) in [6.07, 6.45) is 0. The molecule has 0 saturated heterocycles. The van der Waals surface area contributed by atoms with E-state index in [0.717, 1.165) is 0 Å². The molecule has 0 aliphatic carbocycles. The number of carboxylic acids is 1. The number of hydrogen-bond acceptors (Lipinski definition) is 1. The molecule has 9 heavy (non-hydrogen) atoms. The summed E-state index contributed by atoms with van der Waals surface area (Å²) in [6, 6.07) is 0. The van der Waals surface area contributed by atoms with Crippen LogP contribution in [0.3, 0.4) is 0 Å². The molecule has 0 bridgehead atoms. The topological polar surface area (TPSA) is 37.3 Å². The molecule has 0 aliphatic heterocycles. The highest BCUT2D eigenvalue weighted by Crippen LogP contribution is 1.84. The lowest BCUT2D eigenvalue weighted by atomic mass is 10.3. The van der Waals surface area contributed by atoms with E-state index in [-0.39, 0.29) is 18.0 Å². The van der Waals surface area contributed by atoms with Crippen LogP contribution >= 0.6 is 12.4 Å². The van der Waals surface area contributed by atoms with Gasteiger partial charge >= 0.3 is 5.97 Å². The first kappa shape index (κ1) is 10.9. The van der Waals surface area contributed by atoms with Crippen LogP contribution in [0.25, 0.3) is 0 Å². The predicted octanol–water partition coefficient (Wildman–Crippen LogP) is 1.38. The van der Waals surface area contributed by atoms with Crippen molar-refractivity contribution in [3.05, 3.63) is 23.6 Å². The molecule has 3 heteroatoms. The molecule has 0 fully saturated rings. The van der Waals surface area contributed by atoms with E-state index >= 15 is 0 Å². The fourth-order valence-electron chi connectivity index (χ4n) is 0.186. The van der Waals surface area contributed by atoms with Crippen molar-refractivity contribution in [2.75, 3.05) is 0 Å². The lowest BCUT2D eigenvalue weighted by molar-refractivity contribution is -0.132. The molecule has 0 heterocycles. The van der Waals surface area contributed by atoms with E-state index in [9.17, 15) is 4.79 Å². The zero-order chi connectivity index (χ0) is 6.57. The van der Waals surface area contributed by atoms with Crippen molar-refractivity contribution in [1.29, 1.82) is 0 Å². The minimum absolute atomic E-state index is 0. The number of hydrogen-bond donors (Lipinski definition) is 1. The summed E-state index contributed by atoms with van der Waals surface area (Å²) in [4.78, 5) is 9.92. The van der Waals surface area contributed by atoms with Crippen molar-refractivity contribution in [3.8, 4) is 0 Å². The van der Waals surface area contributed by atoms with E-state index in [4.69, 9.17) is 5.11 Å². The SMILES string of the molecule is C=C=C=C(C)C(=O)O.Cl. The number of rotatable bonds is 1. The largest absolute Gasteiger partial charge is 0.477 e. The minimum Gasteiger partial charge on any atom is -0.477 e. The molecule has 0 aliphatic rings. The van der Waals surface area contributed by atoms with Crippen molar-refractivity contribution in [3.63, 3.8) is 0 Å². The first-order valence-electron chi connectivity index (χ1n) is 2.03. The van der Waals surface area contributed by atoms with E-state index in [1.165, 1.54) is 6.92 Å². The van der Waals surface area contributed by atoms with Gasteiger partial charge < -0.3 is 5.11 Å². The Morgan fingerprint density at radius 1 is 1.67 bits per heavy atom. The second-order valence-electron chi connectivity index (χ2n) is 1.23. The van der Waals surface area contributed by atoms with E-state index in [2.05, 4.69) is 18.0 Å². The third kappa shape index (κ3) is 4.92. The predicted molar refractivity (Wildman–Crippen MR) is 36.7 cm³/mol. The van der Waals surface area contributed by atoms with Crippen LogP contribution in [0.2, 0.25) is 0 Å². The molecular formula is C6H7ClO2. The van der Waals surface area contributed by atoms with Crippen LogP contribution in [0.15, 0.2) is 23.6 Å². The van der Waals surface area contributed by atoms with Crippen LogP contribution in [0.1, 0.15) is 6.92 Å². The van der Waals surface area contributed by atoms with Crippen molar-refractivity contribution >= 4 is 18.4 Å². The summed E-state index contributed by atoms with van der Waals surface area (Å²) in [5, 5.41) is 8.15. The second kappa shape index (κ2) is 5.20. The molecule has 0 unspecified atom stereocenters. The highest BCUT2D eigenvalue weighted by molar-refractivity contribution is 5.85. The Balaban J connectivity index is 0. The van der Waals surface area contributed by atoms with Gasteiger partial charge in [-0.2, -0.15) is 0 Å². The monoisotopic (exact) mass is 146 g/mol. The van der Waals surface area contributed by atoms with Gasteiger partial charge in [-0.25, -0.2) is 4.79 Å². The maximum atomic E-state index is 9.92. The Labute approximate surface area is 59.6 Å². The Hall–Kier alpha value is -0.940. The van der Waals surface area contributed by atoms with Gasteiger partial charge in [0.2, 0.25) is 0 Å². The zero-order valence-electron chi connectivity index (χ0n) is 4.97. The fourth-order valence-corrected chi connectivity index (χ4v) is 0.186. The van der Waals surface area contributed by atoms with Crippen molar-refractivity contribution in [2.45, 2.75) is 6.92 Å². The van der Waals surface area contributed by atoms with Crippen molar-refractivity contribution in [1.82, 2.24) is 0 Å². The molecule has 0 aromatic carbocycles. The highest BCUT2D eigenvalue weighted by atomic mass is 35.5. The van der Waals surface area contributed by atoms with E-state index in [1.807, 2.05) is 0 Å². The smallest absolute Gasteiger partial charge is 0.339 e. The summed E-state index contributed by atoms with van der Waals surface area (Å²) >= 11 is 0. The first-order chi connectivity index (χ1) is 3.68. The first-order valence-corrected chi connectivity index (χ1v) is 2.03. The van der Waals surface area contributed by atoms with Crippen LogP contribution in [0.4, 0.5) is 0 Å². The average molecular weight is 147 g/mol. The van der Waals surface area contributed by atoms with E-state index < -0.39 is 5.97 Å². The van der Waals surface area contributed by atoms with Gasteiger partial charge in [0.05, 0.1) is 5.57 Å². The van der Waals surface area contributed by atoms with Crippen LogP contribution in [0, 0.1) is 0 Å². The standard InChI is InChI=1S/C6H6O2.ClH/c1-3-4-5(2)6(7)8;/h1H2,2H3,(H,7,8);1H. The minimum atomic E-state index is -0.985. The molecule has 0 atom stereocenters. The summed E-state index contributed by atoms with van der Waals surface area (Å²) in [5.41, 5.74) is 4.66. The Bertz CT molecular complexity index is 183. The number of halogens is 1. The third-order valence-corrected chi connectivity index (χ3v) is 0.597. The molecule has 1 N–H and O–H groups in total. The molecule has 0 spiro atoms. The van der Waals surface area contributed by atoms with Crippen LogP contribution in [0.5, 0.6) is 0 Å².